The lowest BCUT2D eigenvalue weighted by Gasteiger charge is -2.36. The molecule has 3 amide bonds. The molecule has 0 bridgehead atoms. The molecule has 0 fully saturated rings. The topological polar surface area (TPSA) is 87.7 Å². The molecule has 2 N–H and O–H groups in total. The van der Waals surface area contributed by atoms with Gasteiger partial charge in [0.1, 0.15) is 17.7 Å². The number of nitrogens with zero attached hydrogens (tertiary/aromatic N) is 1. The first kappa shape index (κ1) is 31.2. The Morgan fingerprint density at radius 3 is 2.27 bits per heavy atom. The lowest BCUT2D eigenvalue weighted by atomic mass is 9.95. The summed E-state index contributed by atoms with van der Waals surface area (Å²) in [6.45, 7) is 11.3. The van der Waals surface area contributed by atoms with Crippen LogP contribution >= 0.6 is 0 Å². The van der Waals surface area contributed by atoms with Crippen LogP contribution in [0, 0.1) is 18.3 Å². The molecular formula is C34H41N3O4. The number of ether oxygens (including phenoxy) is 1. The van der Waals surface area contributed by atoms with Crippen LogP contribution in [0.5, 0.6) is 0 Å². The molecular weight excluding hydrogens is 514 g/mol. The fourth-order valence-corrected chi connectivity index (χ4v) is 4.62. The van der Waals surface area contributed by atoms with Gasteiger partial charge in [0.2, 0.25) is 5.91 Å². The predicted octanol–water partition coefficient (Wildman–Crippen LogP) is 6.68. The maximum absolute atomic E-state index is 14.3. The van der Waals surface area contributed by atoms with Gasteiger partial charge >= 0.3 is 6.09 Å². The third kappa shape index (κ3) is 8.34. The first-order valence-corrected chi connectivity index (χ1v) is 14.1. The standard InChI is InChI=1S/C34H41N3O4/c1-8-10-21-37(32(39)29(23(3)4)36-33(40)41-34(5,6)7)30(28-18-14-13-15-24(28)9-2)31(38)35-27-20-19-25-16-11-12-17-26(25)22-27/h2,11-20,22-23,29-30H,8,10,21H2,1,3-7H3,(H,35,38)(H,36,40). The third-order valence-corrected chi connectivity index (χ3v) is 6.63. The van der Waals surface area contributed by atoms with Crippen LogP contribution in [0.1, 0.15) is 71.6 Å². The number of anilines is 1. The van der Waals surface area contributed by atoms with Gasteiger partial charge in [-0.15, -0.1) is 6.42 Å². The number of nitrogens with one attached hydrogen (secondary N) is 2. The molecule has 2 atom stereocenters. The van der Waals surface area contributed by atoms with Crippen LogP contribution in [0.15, 0.2) is 66.7 Å². The fraction of sp³-hybridized carbons (Fsp3) is 0.382. The minimum absolute atomic E-state index is 0.272. The molecule has 7 heteroatoms. The second-order valence-electron chi connectivity index (χ2n) is 11.4. The second-order valence-corrected chi connectivity index (χ2v) is 11.4. The average molecular weight is 556 g/mol. The molecule has 0 saturated heterocycles. The Labute approximate surface area is 243 Å². The molecule has 0 aliphatic carbocycles. The summed E-state index contributed by atoms with van der Waals surface area (Å²) in [5.74, 6) is 1.62. The van der Waals surface area contributed by atoms with Crippen molar-refractivity contribution in [3.05, 3.63) is 77.9 Å². The SMILES string of the molecule is C#Cc1ccccc1C(C(=O)Nc1ccc2ccccc2c1)N(CCCC)C(=O)C(NC(=O)OC(C)(C)C)C(C)C. The van der Waals surface area contributed by atoms with Crippen LogP contribution in [0.3, 0.4) is 0 Å². The molecule has 0 aromatic heterocycles. The highest BCUT2D eigenvalue weighted by Crippen LogP contribution is 2.29. The van der Waals surface area contributed by atoms with Gasteiger partial charge in [-0.1, -0.05) is 81.6 Å². The zero-order valence-corrected chi connectivity index (χ0v) is 24.9. The number of amides is 3. The number of benzene rings is 3. The van der Waals surface area contributed by atoms with Crippen LogP contribution in [0.4, 0.5) is 10.5 Å². The molecule has 3 rings (SSSR count). The molecule has 216 valence electrons. The van der Waals surface area contributed by atoms with Crippen LogP contribution in [0.25, 0.3) is 10.8 Å². The zero-order chi connectivity index (χ0) is 30.2. The lowest BCUT2D eigenvalue weighted by Crippen LogP contribution is -2.54. The predicted molar refractivity (Wildman–Crippen MR) is 164 cm³/mol. The van der Waals surface area contributed by atoms with Crippen molar-refractivity contribution in [2.75, 3.05) is 11.9 Å². The first-order valence-electron chi connectivity index (χ1n) is 14.1. The number of unbranched alkanes of at least 4 members (excludes halogenated alkanes) is 1. The molecule has 0 radical (unpaired) electrons. The van der Waals surface area contributed by atoms with Crippen molar-refractivity contribution >= 4 is 34.4 Å². The minimum atomic E-state index is -1.03. The highest BCUT2D eigenvalue weighted by molar-refractivity contribution is 6.00. The summed E-state index contributed by atoms with van der Waals surface area (Å²) in [4.78, 5) is 42.7. The summed E-state index contributed by atoms with van der Waals surface area (Å²) < 4.78 is 5.45. The molecule has 0 aliphatic rings. The molecule has 41 heavy (non-hydrogen) atoms. The summed E-state index contributed by atoms with van der Waals surface area (Å²) in [6, 6.07) is 18.7. The molecule has 0 saturated carbocycles. The molecule has 0 spiro atoms. The van der Waals surface area contributed by atoms with Crippen LogP contribution < -0.4 is 10.6 Å². The number of carbonyl (C=O) groups is 3. The fourth-order valence-electron chi connectivity index (χ4n) is 4.62. The Kier molecular flexibility index (Phi) is 10.5. The number of hydrogen-bond donors (Lipinski definition) is 2. The summed E-state index contributed by atoms with van der Waals surface area (Å²) >= 11 is 0. The lowest BCUT2D eigenvalue weighted by molar-refractivity contribution is -0.141. The number of rotatable bonds is 10. The summed E-state index contributed by atoms with van der Waals surface area (Å²) in [5, 5.41) is 7.80. The van der Waals surface area contributed by atoms with E-state index in [9.17, 15) is 14.4 Å². The highest BCUT2D eigenvalue weighted by atomic mass is 16.6. The smallest absolute Gasteiger partial charge is 0.408 e. The number of carbonyl (C=O) groups excluding carboxylic acids is 3. The number of terminal acetylenes is 1. The van der Waals surface area contributed by atoms with E-state index >= 15 is 0 Å². The van der Waals surface area contributed by atoms with Crippen molar-refractivity contribution in [2.24, 2.45) is 5.92 Å². The average Bonchev–Trinajstić information content (AvgIpc) is 2.92. The van der Waals surface area contributed by atoms with E-state index in [0.29, 0.717) is 29.8 Å². The van der Waals surface area contributed by atoms with Gasteiger partial charge in [-0.25, -0.2) is 4.79 Å². The van der Waals surface area contributed by atoms with Crippen molar-refractivity contribution in [2.45, 2.75) is 72.1 Å². The van der Waals surface area contributed by atoms with Crippen molar-refractivity contribution in [1.82, 2.24) is 10.2 Å². The monoisotopic (exact) mass is 555 g/mol. The molecule has 7 nitrogen and oxygen atoms in total. The van der Waals surface area contributed by atoms with E-state index in [1.165, 1.54) is 4.90 Å². The Morgan fingerprint density at radius 1 is 0.976 bits per heavy atom. The van der Waals surface area contributed by atoms with Gasteiger partial charge in [-0.2, -0.15) is 0 Å². The maximum Gasteiger partial charge on any atom is 0.408 e. The van der Waals surface area contributed by atoms with E-state index < -0.39 is 29.7 Å². The quantitative estimate of drug-likeness (QED) is 0.273. The minimum Gasteiger partial charge on any atom is -0.444 e. The largest absolute Gasteiger partial charge is 0.444 e. The van der Waals surface area contributed by atoms with Crippen LogP contribution in [-0.4, -0.2) is 41.0 Å². The highest BCUT2D eigenvalue weighted by Gasteiger charge is 2.38. The number of hydrogen-bond acceptors (Lipinski definition) is 4. The number of fused-ring (bicyclic) bond motifs is 1. The Bertz CT molecular complexity index is 1420. The van der Waals surface area contributed by atoms with Gasteiger partial charge in [-0.3, -0.25) is 9.59 Å². The summed E-state index contributed by atoms with van der Waals surface area (Å²) in [7, 11) is 0. The van der Waals surface area contributed by atoms with Crippen molar-refractivity contribution in [3.8, 4) is 12.3 Å². The van der Waals surface area contributed by atoms with Crippen molar-refractivity contribution in [3.63, 3.8) is 0 Å². The normalized spacial score (nSPS) is 12.7. The zero-order valence-electron chi connectivity index (χ0n) is 24.9. The molecule has 3 aromatic carbocycles. The van der Waals surface area contributed by atoms with Crippen LogP contribution in [-0.2, 0) is 14.3 Å². The van der Waals surface area contributed by atoms with Crippen molar-refractivity contribution in [1.29, 1.82) is 0 Å². The first-order chi connectivity index (χ1) is 19.4. The van der Waals surface area contributed by atoms with Gasteiger partial charge in [0.05, 0.1) is 0 Å². The van der Waals surface area contributed by atoms with Gasteiger partial charge in [0.15, 0.2) is 0 Å². The van der Waals surface area contributed by atoms with Crippen molar-refractivity contribution < 1.29 is 19.1 Å². The molecule has 2 unspecified atom stereocenters. The Hall–Kier alpha value is -4.31. The van der Waals surface area contributed by atoms with E-state index in [4.69, 9.17) is 11.2 Å². The second kappa shape index (κ2) is 13.8. The van der Waals surface area contributed by atoms with E-state index in [1.807, 2.05) is 63.2 Å². The summed E-state index contributed by atoms with van der Waals surface area (Å²) in [5.41, 5.74) is 0.927. The van der Waals surface area contributed by atoms with Gasteiger partial charge in [-0.05, 0) is 67.6 Å². The molecule has 0 heterocycles. The van der Waals surface area contributed by atoms with E-state index in [-0.39, 0.29) is 11.8 Å². The molecule has 0 aliphatic heterocycles. The Morgan fingerprint density at radius 2 is 1.63 bits per heavy atom. The maximum atomic E-state index is 14.3. The van der Waals surface area contributed by atoms with Crippen LogP contribution in [0.2, 0.25) is 0 Å². The van der Waals surface area contributed by atoms with E-state index in [2.05, 4.69) is 16.6 Å². The number of alkyl carbamates (subject to hydrolysis) is 1. The van der Waals surface area contributed by atoms with Gasteiger partial charge < -0.3 is 20.3 Å². The Balaban J connectivity index is 2.06. The van der Waals surface area contributed by atoms with Gasteiger partial charge in [0.25, 0.3) is 5.91 Å². The third-order valence-electron chi connectivity index (χ3n) is 6.63. The summed E-state index contributed by atoms with van der Waals surface area (Å²) in [6.07, 6.45) is 6.61. The van der Waals surface area contributed by atoms with E-state index in [0.717, 1.165) is 17.2 Å². The van der Waals surface area contributed by atoms with E-state index in [1.54, 1.807) is 45.0 Å². The van der Waals surface area contributed by atoms with Gasteiger partial charge in [0, 0.05) is 17.8 Å². The molecule has 3 aromatic rings.